The van der Waals surface area contributed by atoms with Crippen LogP contribution in [0.4, 0.5) is 9.93 Å². The van der Waals surface area contributed by atoms with Crippen molar-refractivity contribution < 1.29 is 14.7 Å². The number of aromatic nitrogens is 1. The molecule has 1 rings (SSSR count). The second-order valence-electron chi connectivity index (χ2n) is 4.32. The van der Waals surface area contributed by atoms with Gasteiger partial charge in [-0.2, -0.15) is 0 Å². The normalized spacial score (nSPS) is 12.2. The molecule has 0 bridgehead atoms. The number of anilines is 1. The van der Waals surface area contributed by atoms with E-state index in [1.165, 1.54) is 11.3 Å². The standard InChI is InChI=1S/C11H17N3O3S/c1-6(2)8(4-9(15)16)13-10(17)14-11-12-5-7(3)18-11/h5-6,8H,4H2,1-3H3,(H,15,16)(H2,12,13,14,17). The molecule has 0 aliphatic rings. The van der Waals surface area contributed by atoms with Gasteiger partial charge in [-0.15, -0.1) is 11.3 Å². The molecule has 2 amide bonds. The molecule has 0 aromatic carbocycles. The van der Waals surface area contributed by atoms with Gasteiger partial charge in [-0.1, -0.05) is 13.8 Å². The number of carboxylic acids is 1. The fourth-order valence-corrected chi connectivity index (χ4v) is 2.02. The lowest BCUT2D eigenvalue weighted by Gasteiger charge is -2.20. The first-order chi connectivity index (χ1) is 8.38. The lowest BCUT2D eigenvalue weighted by atomic mass is 10.0. The van der Waals surface area contributed by atoms with Gasteiger partial charge in [0.25, 0.3) is 0 Å². The minimum absolute atomic E-state index is 0.0462. The smallest absolute Gasteiger partial charge is 0.321 e. The van der Waals surface area contributed by atoms with Crippen LogP contribution in [0.1, 0.15) is 25.1 Å². The third kappa shape index (κ3) is 4.70. The number of urea groups is 1. The molecule has 1 unspecified atom stereocenters. The number of nitrogens with one attached hydrogen (secondary N) is 2. The number of carbonyl (C=O) groups is 2. The fraction of sp³-hybridized carbons (Fsp3) is 0.545. The molecule has 1 heterocycles. The molecule has 0 saturated carbocycles. The predicted molar refractivity (Wildman–Crippen MR) is 69.9 cm³/mol. The molecular weight excluding hydrogens is 254 g/mol. The Balaban J connectivity index is 2.53. The van der Waals surface area contributed by atoms with Crippen molar-refractivity contribution in [2.45, 2.75) is 33.2 Å². The maximum absolute atomic E-state index is 11.7. The molecule has 0 aliphatic carbocycles. The molecule has 0 spiro atoms. The molecule has 1 aromatic rings. The molecule has 100 valence electrons. The Hall–Kier alpha value is -1.63. The topological polar surface area (TPSA) is 91.3 Å². The zero-order valence-corrected chi connectivity index (χ0v) is 11.4. The van der Waals surface area contributed by atoms with Crippen LogP contribution in [0.15, 0.2) is 6.20 Å². The van der Waals surface area contributed by atoms with Crippen LogP contribution in [0.5, 0.6) is 0 Å². The Kier molecular flexibility index (Phi) is 5.08. The summed E-state index contributed by atoms with van der Waals surface area (Å²) in [6.45, 7) is 5.62. The van der Waals surface area contributed by atoms with Gasteiger partial charge in [-0.05, 0) is 12.8 Å². The Morgan fingerprint density at radius 1 is 1.50 bits per heavy atom. The van der Waals surface area contributed by atoms with Crippen LogP contribution in [-0.4, -0.2) is 28.1 Å². The highest BCUT2D eigenvalue weighted by Gasteiger charge is 2.19. The summed E-state index contributed by atoms with van der Waals surface area (Å²) in [5.74, 6) is -0.885. The van der Waals surface area contributed by atoms with Crippen LogP contribution in [0.3, 0.4) is 0 Å². The molecule has 0 aliphatic heterocycles. The summed E-state index contributed by atoms with van der Waals surface area (Å²) in [4.78, 5) is 27.3. The fourth-order valence-electron chi connectivity index (χ4n) is 1.36. The van der Waals surface area contributed by atoms with Crippen LogP contribution in [0.2, 0.25) is 0 Å². The number of nitrogens with zero attached hydrogens (tertiary/aromatic N) is 1. The molecule has 1 atom stereocenters. The average molecular weight is 271 g/mol. The van der Waals surface area contributed by atoms with Crippen molar-refractivity contribution in [1.29, 1.82) is 0 Å². The largest absolute Gasteiger partial charge is 0.481 e. The van der Waals surface area contributed by atoms with E-state index in [2.05, 4.69) is 15.6 Å². The number of carboxylic acid groups (broad SMARTS) is 1. The number of thiazole rings is 1. The highest BCUT2D eigenvalue weighted by atomic mass is 32.1. The summed E-state index contributed by atoms with van der Waals surface area (Å²) in [7, 11) is 0. The van der Waals surface area contributed by atoms with E-state index in [4.69, 9.17) is 5.11 Å². The van der Waals surface area contributed by atoms with Gasteiger partial charge in [0.05, 0.1) is 6.42 Å². The van der Waals surface area contributed by atoms with Crippen molar-refractivity contribution in [1.82, 2.24) is 10.3 Å². The van der Waals surface area contributed by atoms with Crippen molar-refractivity contribution in [3.05, 3.63) is 11.1 Å². The Morgan fingerprint density at radius 2 is 2.17 bits per heavy atom. The van der Waals surface area contributed by atoms with E-state index < -0.39 is 18.0 Å². The summed E-state index contributed by atoms with van der Waals surface area (Å²) in [5.41, 5.74) is 0. The van der Waals surface area contributed by atoms with E-state index in [1.54, 1.807) is 6.20 Å². The molecule has 1 aromatic heterocycles. The van der Waals surface area contributed by atoms with Gasteiger partial charge in [0, 0.05) is 17.1 Å². The average Bonchev–Trinajstić information content (AvgIpc) is 2.62. The van der Waals surface area contributed by atoms with Crippen LogP contribution in [0, 0.1) is 12.8 Å². The molecule has 18 heavy (non-hydrogen) atoms. The zero-order chi connectivity index (χ0) is 13.7. The van der Waals surface area contributed by atoms with Gasteiger partial charge in [0.15, 0.2) is 5.13 Å². The van der Waals surface area contributed by atoms with Gasteiger partial charge in [-0.3, -0.25) is 10.1 Å². The van der Waals surface area contributed by atoms with Gasteiger partial charge < -0.3 is 10.4 Å². The van der Waals surface area contributed by atoms with Crippen LogP contribution in [-0.2, 0) is 4.79 Å². The number of amides is 2. The number of hydrogen-bond acceptors (Lipinski definition) is 4. The van der Waals surface area contributed by atoms with Crippen molar-refractivity contribution in [3.8, 4) is 0 Å². The first-order valence-corrected chi connectivity index (χ1v) is 6.42. The first kappa shape index (κ1) is 14.4. The van der Waals surface area contributed by atoms with E-state index in [-0.39, 0.29) is 12.3 Å². The Morgan fingerprint density at radius 3 is 2.61 bits per heavy atom. The molecule has 0 radical (unpaired) electrons. The van der Waals surface area contributed by atoms with Gasteiger partial charge in [-0.25, -0.2) is 9.78 Å². The summed E-state index contributed by atoms with van der Waals surface area (Å²) in [6, 6.07) is -0.826. The molecule has 6 nitrogen and oxygen atoms in total. The first-order valence-electron chi connectivity index (χ1n) is 5.60. The summed E-state index contributed by atoms with van der Waals surface area (Å²) in [5, 5.41) is 14.5. The SMILES string of the molecule is Cc1cnc(NC(=O)NC(CC(=O)O)C(C)C)s1. The van der Waals surface area contributed by atoms with E-state index >= 15 is 0 Å². The number of carbonyl (C=O) groups excluding carboxylic acids is 1. The number of rotatable bonds is 5. The quantitative estimate of drug-likeness (QED) is 0.764. The van der Waals surface area contributed by atoms with Crippen LogP contribution >= 0.6 is 11.3 Å². The van der Waals surface area contributed by atoms with Crippen LogP contribution in [0.25, 0.3) is 0 Å². The van der Waals surface area contributed by atoms with Crippen molar-refractivity contribution >= 4 is 28.5 Å². The lowest BCUT2D eigenvalue weighted by Crippen LogP contribution is -2.42. The number of aryl methyl sites for hydroxylation is 1. The van der Waals surface area contributed by atoms with Crippen LogP contribution < -0.4 is 10.6 Å². The molecule has 7 heteroatoms. The minimum Gasteiger partial charge on any atom is -0.481 e. The van der Waals surface area contributed by atoms with E-state index in [0.29, 0.717) is 5.13 Å². The molecule has 3 N–H and O–H groups in total. The number of hydrogen-bond donors (Lipinski definition) is 3. The maximum Gasteiger partial charge on any atom is 0.321 e. The van der Waals surface area contributed by atoms with Gasteiger partial charge >= 0.3 is 12.0 Å². The maximum atomic E-state index is 11.7. The van der Waals surface area contributed by atoms with Crippen molar-refractivity contribution in [2.24, 2.45) is 5.92 Å². The summed E-state index contributed by atoms with van der Waals surface area (Å²) >= 11 is 1.37. The lowest BCUT2D eigenvalue weighted by molar-refractivity contribution is -0.137. The zero-order valence-electron chi connectivity index (χ0n) is 10.6. The van der Waals surface area contributed by atoms with Gasteiger partial charge in [0.1, 0.15) is 0 Å². The number of aliphatic carboxylic acids is 1. The summed E-state index contributed by atoms with van der Waals surface area (Å²) in [6.07, 6.45) is 1.57. The second-order valence-corrected chi connectivity index (χ2v) is 5.56. The Labute approximate surface area is 109 Å². The third-order valence-corrected chi connectivity index (χ3v) is 3.19. The summed E-state index contributed by atoms with van der Waals surface area (Å²) < 4.78 is 0. The van der Waals surface area contributed by atoms with E-state index in [1.807, 2.05) is 20.8 Å². The third-order valence-electron chi connectivity index (χ3n) is 2.36. The molecule has 0 fully saturated rings. The Bertz CT molecular complexity index is 431. The predicted octanol–water partition coefficient (Wildman–Crippen LogP) is 2.07. The van der Waals surface area contributed by atoms with E-state index in [9.17, 15) is 9.59 Å². The molecule has 0 saturated heterocycles. The van der Waals surface area contributed by atoms with E-state index in [0.717, 1.165) is 4.88 Å². The highest BCUT2D eigenvalue weighted by Crippen LogP contribution is 2.16. The molecular formula is C11H17N3O3S. The van der Waals surface area contributed by atoms with Crippen molar-refractivity contribution in [3.63, 3.8) is 0 Å². The monoisotopic (exact) mass is 271 g/mol. The van der Waals surface area contributed by atoms with Crippen molar-refractivity contribution in [2.75, 3.05) is 5.32 Å². The second kappa shape index (κ2) is 6.34. The van der Waals surface area contributed by atoms with Gasteiger partial charge in [0.2, 0.25) is 0 Å². The highest BCUT2D eigenvalue weighted by molar-refractivity contribution is 7.15. The minimum atomic E-state index is -0.931.